The molecular formula is C8H6IN3OS. The van der Waals surface area contributed by atoms with E-state index >= 15 is 0 Å². The maximum atomic E-state index is 5.03. The van der Waals surface area contributed by atoms with Crippen LogP contribution in [0.15, 0.2) is 18.3 Å². The Bertz CT molecular complexity index is 446. The van der Waals surface area contributed by atoms with Gasteiger partial charge in [-0.05, 0) is 28.7 Å². The average molecular weight is 319 g/mol. The standard InChI is InChI=1S/C8H6IN3OS/c1-13-6-4-5(2-3-10-6)7-11-12-8(9)14-7/h2-4H,1H3. The van der Waals surface area contributed by atoms with E-state index in [4.69, 9.17) is 4.74 Å². The summed E-state index contributed by atoms with van der Waals surface area (Å²) in [5.74, 6) is 0.590. The Hall–Kier alpha value is -0.760. The lowest BCUT2D eigenvalue weighted by atomic mass is 10.3. The van der Waals surface area contributed by atoms with E-state index in [0.29, 0.717) is 5.88 Å². The summed E-state index contributed by atoms with van der Waals surface area (Å²) in [7, 11) is 1.59. The summed E-state index contributed by atoms with van der Waals surface area (Å²) in [6, 6.07) is 3.73. The summed E-state index contributed by atoms with van der Waals surface area (Å²) in [6.45, 7) is 0. The fourth-order valence-electron chi connectivity index (χ4n) is 0.976. The second-order valence-electron chi connectivity index (χ2n) is 2.45. The molecule has 2 heterocycles. The number of aromatic nitrogens is 3. The lowest BCUT2D eigenvalue weighted by Crippen LogP contribution is -1.87. The molecule has 2 aromatic heterocycles. The third-order valence-electron chi connectivity index (χ3n) is 1.59. The molecule has 72 valence electrons. The molecule has 0 fully saturated rings. The van der Waals surface area contributed by atoms with Crippen LogP contribution in [0.4, 0.5) is 0 Å². The van der Waals surface area contributed by atoms with Gasteiger partial charge in [-0.2, -0.15) is 0 Å². The van der Waals surface area contributed by atoms with Gasteiger partial charge in [0.05, 0.1) is 7.11 Å². The molecular weight excluding hydrogens is 313 g/mol. The first-order chi connectivity index (χ1) is 6.79. The fraction of sp³-hybridized carbons (Fsp3) is 0.125. The highest BCUT2D eigenvalue weighted by atomic mass is 127. The van der Waals surface area contributed by atoms with Gasteiger partial charge in [-0.3, -0.25) is 0 Å². The summed E-state index contributed by atoms with van der Waals surface area (Å²) in [4.78, 5) is 4.02. The van der Waals surface area contributed by atoms with Crippen molar-refractivity contribution in [3.63, 3.8) is 0 Å². The Labute approximate surface area is 98.5 Å². The molecule has 0 bridgehead atoms. The number of methoxy groups -OCH3 is 1. The number of ether oxygens (including phenoxy) is 1. The van der Waals surface area contributed by atoms with Crippen molar-refractivity contribution in [3.05, 3.63) is 21.3 Å². The molecule has 0 radical (unpaired) electrons. The van der Waals surface area contributed by atoms with Crippen LogP contribution in [0.2, 0.25) is 0 Å². The minimum absolute atomic E-state index is 0.590. The summed E-state index contributed by atoms with van der Waals surface area (Å²) >= 11 is 3.68. The fourth-order valence-corrected chi connectivity index (χ4v) is 2.28. The average Bonchev–Trinajstić information content (AvgIpc) is 2.65. The smallest absolute Gasteiger partial charge is 0.213 e. The van der Waals surface area contributed by atoms with Crippen LogP contribution < -0.4 is 4.74 Å². The molecule has 0 amide bonds. The minimum atomic E-state index is 0.590. The van der Waals surface area contributed by atoms with E-state index in [1.807, 2.05) is 12.1 Å². The highest BCUT2D eigenvalue weighted by Gasteiger charge is 2.05. The van der Waals surface area contributed by atoms with Gasteiger partial charge in [0.2, 0.25) is 5.88 Å². The lowest BCUT2D eigenvalue weighted by Gasteiger charge is -1.98. The van der Waals surface area contributed by atoms with Gasteiger partial charge in [-0.25, -0.2) is 4.98 Å². The zero-order valence-electron chi connectivity index (χ0n) is 7.27. The Balaban J connectivity index is 2.41. The van der Waals surface area contributed by atoms with Gasteiger partial charge in [0.1, 0.15) is 5.01 Å². The van der Waals surface area contributed by atoms with E-state index in [-0.39, 0.29) is 0 Å². The van der Waals surface area contributed by atoms with Crippen LogP contribution in [-0.2, 0) is 0 Å². The van der Waals surface area contributed by atoms with Gasteiger partial charge in [0.15, 0.2) is 3.01 Å². The summed E-state index contributed by atoms with van der Waals surface area (Å²) in [5.41, 5.74) is 0.984. The molecule has 0 aliphatic rings. The van der Waals surface area contributed by atoms with Gasteiger partial charge in [-0.1, -0.05) is 11.3 Å². The number of pyridine rings is 1. The van der Waals surface area contributed by atoms with Crippen LogP contribution >= 0.6 is 33.9 Å². The number of halogens is 1. The van der Waals surface area contributed by atoms with Crippen molar-refractivity contribution < 1.29 is 4.74 Å². The Morgan fingerprint density at radius 3 is 2.93 bits per heavy atom. The van der Waals surface area contributed by atoms with Crippen molar-refractivity contribution in [2.45, 2.75) is 0 Å². The second-order valence-corrected chi connectivity index (χ2v) is 5.18. The normalized spacial score (nSPS) is 10.1. The molecule has 2 rings (SSSR count). The van der Waals surface area contributed by atoms with E-state index in [0.717, 1.165) is 13.6 Å². The Kier molecular flexibility index (Phi) is 2.92. The SMILES string of the molecule is COc1cc(-c2nnc(I)s2)ccn1. The first kappa shape index (κ1) is 9.78. The lowest BCUT2D eigenvalue weighted by molar-refractivity contribution is 0.398. The topological polar surface area (TPSA) is 47.9 Å². The highest BCUT2D eigenvalue weighted by Crippen LogP contribution is 2.25. The highest BCUT2D eigenvalue weighted by molar-refractivity contribution is 14.1. The van der Waals surface area contributed by atoms with Crippen LogP contribution in [0.25, 0.3) is 10.6 Å². The van der Waals surface area contributed by atoms with Crippen LogP contribution in [0.3, 0.4) is 0 Å². The molecule has 0 atom stereocenters. The molecule has 0 saturated carbocycles. The van der Waals surface area contributed by atoms with Crippen molar-refractivity contribution in [2.75, 3.05) is 7.11 Å². The van der Waals surface area contributed by atoms with Crippen molar-refractivity contribution in [3.8, 4) is 16.5 Å². The van der Waals surface area contributed by atoms with Crippen molar-refractivity contribution in [2.24, 2.45) is 0 Å². The van der Waals surface area contributed by atoms with Gasteiger partial charge in [0.25, 0.3) is 0 Å². The van der Waals surface area contributed by atoms with E-state index in [1.54, 1.807) is 24.6 Å². The molecule has 6 heteroatoms. The van der Waals surface area contributed by atoms with Gasteiger partial charge in [0, 0.05) is 17.8 Å². The van der Waals surface area contributed by atoms with Gasteiger partial charge < -0.3 is 4.74 Å². The molecule has 0 unspecified atom stereocenters. The summed E-state index contributed by atoms with van der Waals surface area (Å²) in [5, 5.41) is 8.87. The van der Waals surface area contributed by atoms with E-state index < -0.39 is 0 Å². The van der Waals surface area contributed by atoms with E-state index in [1.165, 1.54) is 0 Å². The largest absolute Gasteiger partial charge is 0.481 e. The van der Waals surface area contributed by atoms with Crippen LogP contribution in [0.5, 0.6) is 5.88 Å². The monoisotopic (exact) mass is 319 g/mol. The molecule has 0 aromatic carbocycles. The van der Waals surface area contributed by atoms with Gasteiger partial charge >= 0.3 is 0 Å². The van der Waals surface area contributed by atoms with Gasteiger partial charge in [-0.15, -0.1) is 10.2 Å². The van der Waals surface area contributed by atoms with Crippen molar-refractivity contribution >= 4 is 33.9 Å². The summed E-state index contributed by atoms with van der Waals surface area (Å²) < 4.78 is 5.95. The first-order valence-corrected chi connectivity index (χ1v) is 5.68. The predicted molar refractivity (Wildman–Crippen MR) is 62.4 cm³/mol. The molecule has 0 N–H and O–H groups in total. The molecule has 0 aliphatic carbocycles. The summed E-state index contributed by atoms with van der Waals surface area (Å²) in [6.07, 6.45) is 1.70. The number of hydrogen-bond donors (Lipinski definition) is 0. The van der Waals surface area contributed by atoms with Crippen LogP contribution in [-0.4, -0.2) is 22.3 Å². The third kappa shape index (κ3) is 2.01. The zero-order chi connectivity index (χ0) is 9.97. The van der Waals surface area contributed by atoms with E-state index in [9.17, 15) is 0 Å². The van der Waals surface area contributed by atoms with Crippen LogP contribution in [0.1, 0.15) is 0 Å². The molecule has 14 heavy (non-hydrogen) atoms. The van der Waals surface area contributed by atoms with Crippen molar-refractivity contribution in [1.29, 1.82) is 0 Å². The maximum Gasteiger partial charge on any atom is 0.213 e. The van der Waals surface area contributed by atoms with Crippen molar-refractivity contribution in [1.82, 2.24) is 15.2 Å². The maximum absolute atomic E-state index is 5.03. The molecule has 0 spiro atoms. The number of rotatable bonds is 2. The molecule has 2 aromatic rings. The Morgan fingerprint density at radius 1 is 1.43 bits per heavy atom. The molecule has 0 aliphatic heterocycles. The van der Waals surface area contributed by atoms with E-state index in [2.05, 4.69) is 37.8 Å². The first-order valence-electron chi connectivity index (χ1n) is 3.79. The molecule has 4 nitrogen and oxygen atoms in total. The number of nitrogens with zero attached hydrogens (tertiary/aromatic N) is 3. The Morgan fingerprint density at radius 2 is 2.29 bits per heavy atom. The van der Waals surface area contributed by atoms with Crippen LogP contribution in [0, 0.1) is 3.01 Å². The second kappa shape index (κ2) is 4.18. The molecule has 0 saturated heterocycles. The predicted octanol–water partition coefficient (Wildman–Crippen LogP) is 2.21. The minimum Gasteiger partial charge on any atom is -0.481 e. The zero-order valence-corrected chi connectivity index (χ0v) is 10.2. The quantitative estimate of drug-likeness (QED) is 0.797. The third-order valence-corrected chi connectivity index (χ3v) is 3.23. The number of hydrogen-bond acceptors (Lipinski definition) is 5.